The quantitative estimate of drug-likeness (QED) is 0.459. The standard InChI is InChI=1S/C25H26F3N3O5/c1-33-21-11-7-9-17(23(21)34-2)19-14-16(30-31(19)22-12-5-6-13-35-22)15-29-24(32)18-8-3-4-10-20(18)36-25(26,27)28/h3-4,7-11,14,22H,5-6,12-13,15H2,1-2H3,(H,29,32). The van der Waals surface area contributed by atoms with Crippen LogP contribution in [0.15, 0.2) is 48.5 Å². The van der Waals surface area contributed by atoms with Crippen molar-refractivity contribution in [3.63, 3.8) is 0 Å². The van der Waals surface area contributed by atoms with Crippen LogP contribution in [0.2, 0.25) is 0 Å². The molecule has 192 valence electrons. The Bertz CT molecular complexity index is 1210. The smallest absolute Gasteiger partial charge is 0.493 e. The second kappa shape index (κ2) is 10.9. The van der Waals surface area contributed by atoms with Gasteiger partial charge in [0.05, 0.1) is 37.7 Å². The predicted molar refractivity (Wildman–Crippen MR) is 124 cm³/mol. The molecule has 1 amide bonds. The number of nitrogens with one attached hydrogen (secondary N) is 1. The Morgan fingerprint density at radius 2 is 1.89 bits per heavy atom. The second-order valence-electron chi connectivity index (χ2n) is 8.05. The summed E-state index contributed by atoms with van der Waals surface area (Å²) in [4.78, 5) is 12.7. The van der Waals surface area contributed by atoms with Crippen LogP contribution < -0.4 is 19.5 Å². The third kappa shape index (κ3) is 5.73. The number of amides is 1. The normalized spacial score (nSPS) is 15.9. The third-order valence-electron chi connectivity index (χ3n) is 5.68. The van der Waals surface area contributed by atoms with E-state index in [0.717, 1.165) is 30.9 Å². The Kier molecular flexibility index (Phi) is 7.68. The molecule has 0 bridgehead atoms. The molecular formula is C25H26F3N3O5. The number of nitrogens with zero attached hydrogens (tertiary/aromatic N) is 2. The molecule has 0 aliphatic carbocycles. The number of hydrogen-bond donors (Lipinski definition) is 1. The van der Waals surface area contributed by atoms with Gasteiger partial charge >= 0.3 is 6.36 Å². The molecule has 1 fully saturated rings. The zero-order valence-corrected chi connectivity index (χ0v) is 19.8. The Morgan fingerprint density at radius 1 is 1.11 bits per heavy atom. The van der Waals surface area contributed by atoms with E-state index in [1.807, 2.05) is 12.1 Å². The van der Waals surface area contributed by atoms with Crippen LogP contribution in [0.4, 0.5) is 13.2 Å². The number of alkyl halides is 3. The van der Waals surface area contributed by atoms with E-state index in [2.05, 4.69) is 15.2 Å². The summed E-state index contributed by atoms with van der Waals surface area (Å²) in [6.07, 6.45) is -2.54. The van der Waals surface area contributed by atoms with E-state index in [4.69, 9.17) is 14.2 Å². The van der Waals surface area contributed by atoms with Crippen LogP contribution >= 0.6 is 0 Å². The molecule has 4 rings (SSSR count). The maximum Gasteiger partial charge on any atom is 0.573 e. The first-order valence-electron chi connectivity index (χ1n) is 11.3. The van der Waals surface area contributed by atoms with E-state index in [-0.39, 0.29) is 18.3 Å². The summed E-state index contributed by atoms with van der Waals surface area (Å²) in [5.74, 6) is -0.238. The minimum absolute atomic E-state index is 0.0296. The van der Waals surface area contributed by atoms with Gasteiger partial charge in [-0.25, -0.2) is 4.68 Å². The molecule has 1 aromatic heterocycles. The molecule has 2 aromatic carbocycles. The third-order valence-corrected chi connectivity index (χ3v) is 5.68. The minimum Gasteiger partial charge on any atom is -0.493 e. The summed E-state index contributed by atoms with van der Waals surface area (Å²) >= 11 is 0. The van der Waals surface area contributed by atoms with E-state index in [1.54, 1.807) is 31.0 Å². The first kappa shape index (κ1) is 25.4. The highest BCUT2D eigenvalue weighted by Crippen LogP contribution is 2.40. The van der Waals surface area contributed by atoms with Gasteiger partial charge in [0, 0.05) is 12.2 Å². The lowest BCUT2D eigenvalue weighted by Crippen LogP contribution is -2.26. The SMILES string of the molecule is COc1cccc(-c2cc(CNC(=O)c3ccccc3OC(F)(F)F)nn2C2CCCCO2)c1OC. The highest BCUT2D eigenvalue weighted by molar-refractivity contribution is 5.96. The summed E-state index contributed by atoms with van der Waals surface area (Å²) in [5, 5.41) is 7.29. The number of hydrogen-bond acceptors (Lipinski definition) is 6. The first-order chi connectivity index (χ1) is 17.3. The van der Waals surface area contributed by atoms with Crippen molar-refractivity contribution in [2.75, 3.05) is 20.8 Å². The summed E-state index contributed by atoms with van der Waals surface area (Å²) in [7, 11) is 3.09. The van der Waals surface area contributed by atoms with Crippen LogP contribution in [-0.4, -0.2) is 42.9 Å². The molecule has 2 heterocycles. The van der Waals surface area contributed by atoms with E-state index in [1.165, 1.54) is 18.2 Å². The summed E-state index contributed by atoms with van der Waals surface area (Å²) in [6, 6.07) is 12.4. The largest absolute Gasteiger partial charge is 0.573 e. The second-order valence-corrected chi connectivity index (χ2v) is 8.05. The van der Waals surface area contributed by atoms with Gasteiger partial charge in [0.15, 0.2) is 17.7 Å². The lowest BCUT2D eigenvalue weighted by molar-refractivity contribution is -0.274. The number of para-hydroxylation sites is 2. The lowest BCUT2D eigenvalue weighted by atomic mass is 10.1. The fraction of sp³-hybridized carbons (Fsp3) is 0.360. The molecule has 1 aliphatic heterocycles. The molecule has 8 nitrogen and oxygen atoms in total. The number of ether oxygens (including phenoxy) is 4. The van der Waals surface area contributed by atoms with E-state index in [0.29, 0.717) is 29.5 Å². The zero-order valence-electron chi connectivity index (χ0n) is 19.8. The number of aromatic nitrogens is 2. The van der Waals surface area contributed by atoms with Gasteiger partial charge in [-0.05, 0) is 49.6 Å². The molecule has 1 atom stereocenters. The molecule has 0 saturated carbocycles. The van der Waals surface area contributed by atoms with Crippen LogP contribution in [0.25, 0.3) is 11.3 Å². The molecule has 1 unspecified atom stereocenters. The van der Waals surface area contributed by atoms with Gasteiger partial charge in [0.25, 0.3) is 5.91 Å². The molecule has 1 aliphatic rings. The van der Waals surface area contributed by atoms with Crippen molar-refractivity contribution in [3.05, 3.63) is 59.8 Å². The number of carbonyl (C=O) groups is 1. The maximum absolute atomic E-state index is 12.7. The van der Waals surface area contributed by atoms with Crippen molar-refractivity contribution in [1.82, 2.24) is 15.1 Å². The van der Waals surface area contributed by atoms with Gasteiger partial charge in [-0.2, -0.15) is 5.10 Å². The van der Waals surface area contributed by atoms with Crippen molar-refractivity contribution in [1.29, 1.82) is 0 Å². The average molecular weight is 505 g/mol. The number of methoxy groups -OCH3 is 2. The summed E-state index contributed by atoms with van der Waals surface area (Å²) in [6.45, 7) is 0.569. The van der Waals surface area contributed by atoms with Crippen molar-refractivity contribution < 1.29 is 36.9 Å². The van der Waals surface area contributed by atoms with Gasteiger partial charge < -0.3 is 24.3 Å². The molecule has 36 heavy (non-hydrogen) atoms. The lowest BCUT2D eigenvalue weighted by Gasteiger charge is -2.25. The van der Waals surface area contributed by atoms with Crippen LogP contribution in [0, 0.1) is 0 Å². The predicted octanol–water partition coefficient (Wildman–Crippen LogP) is 5.10. The van der Waals surface area contributed by atoms with Gasteiger partial charge in [0.2, 0.25) is 0 Å². The van der Waals surface area contributed by atoms with Crippen LogP contribution in [0.5, 0.6) is 17.2 Å². The number of benzene rings is 2. The van der Waals surface area contributed by atoms with Crippen molar-refractivity contribution in [2.24, 2.45) is 0 Å². The Morgan fingerprint density at radius 3 is 2.58 bits per heavy atom. The van der Waals surface area contributed by atoms with Crippen LogP contribution in [-0.2, 0) is 11.3 Å². The summed E-state index contributed by atoms with van der Waals surface area (Å²) in [5.41, 5.74) is 1.67. The topological polar surface area (TPSA) is 83.8 Å². The van der Waals surface area contributed by atoms with Gasteiger partial charge in [0.1, 0.15) is 5.75 Å². The fourth-order valence-corrected chi connectivity index (χ4v) is 4.09. The fourth-order valence-electron chi connectivity index (χ4n) is 4.09. The molecule has 1 N–H and O–H groups in total. The Hall–Kier alpha value is -3.73. The van der Waals surface area contributed by atoms with E-state index in [9.17, 15) is 18.0 Å². The monoisotopic (exact) mass is 505 g/mol. The van der Waals surface area contributed by atoms with Crippen molar-refractivity contribution in [3.8, 4) is 28.5 Å². The highest BCUT2D eigenvalue weighted by atomic mass is 19.4. The number of carbonyl (C=O) groups excluding carboxylic acids is 1. The van der Waals surface area contributed by atoms with E-state index < -0.39 is 18.0 Å². The van der Waals surface area contributed by atoms with E-state index >= 15 is 0 Å². The first-order valence-corrected chi connectivity index (χ1v) is 11.3. The van der Waals surface area contributed by atoms with Crippen molar-refractivity contribution in [2.45, 2.75) is 38.4 Å². The van der Waals surface area contributed by atoms with Crippen LogP contribution in [0.3, 0.4) is 0 Å². The molecule has 0 radical (unpaired) electrons. The van der Waals surface area contributed by atoms with Gasteiger partial charge in [-0.3, -0.25) is 4.79 Å². The average Bonchev–Trinajstić information content (AvgIpc) is 3.30. The molecule has 3 aromatic rings. The van der Waals surface area contributed by atoms with Gasteiger partial charge in [-0.1, -0.05) is 18.2 Å². The molecule has 1 saturated heterocycles. The maximum atomic E-state index is 12.7. The molecule has 11 heteroatoms. The number of rotatable bonds is 8. The molecular weight excluding hydrogens is 479 g/mol. The zero-order chi connectivity index (χ0) is 25.7. The Labute approximate surface area is 205 Å². The Balaban J connectivity index is 1.63. The number of halogens is 3. The molecule has 0 spiro atoms. The summed E-state index contributed by atoms with van der Waals surface area (Å²) < 4.78 is 60.9. The van der Waals surface area contributed by atoms with Crippen LogP contribution in [0.1, 0.15) is 41.5 Å². The minimum atomic E-state index is -4.92. The highest BCUT2D eigenvalue weighted by Gasteiger charge is 2.33. The van der Waals surface area contributed by atoms with Crippen molar-refractivity contribution >= 4 is 5.91 Å². The van der Waals surface area contributed by atoms with Gasteiger partial charge in [-0.15, -0.1) is 13.2 Å².